The number of nitrogens with zero attached hydrogens (tertiary/aromatic N) is 3. The lowest BCUT2D eigenvalue weighted by Crippen LogP contribution is -2.48. The summed E-state index contributed by atoms with van der Waals surface area (Å²) in [5, 5.41) is 9.48. The molecule has 1 aliphatic heterocycles. The van der Waals surface area contributed by atoms with Crippen molar-refractivity contribution in [1.82, 2.24) is 9.62 Å². The van der Waals surface area contributed by atoms with Gasteiger partial charge in [-0.1, -0.05) is 12.1 Å². The predicted octanol–water partition coefficient (Wildman–Crippen LogP) is 2.82. The van der Waals surface area contributed by atoms with Gasteiger partial charge >= 0.3 is 0 Å². The van der Waals surface area contributed by atoms with Gasteiger partial charge in [-0.15, -0.1) is 0 Å². The fourth-order valence-electron chi connectivity index (χ4n) is 3.01. The van der Waals surface area contributed by atoms with Crippen LogP contribution in [0.2, 0.25) is 0 Å². The molecule has 7 nitrogen and oxygen atoms in total. The zero-order valence-corrected chi connectivity index (χ0v) is 19.7. The average Bonchev–Trinajstić information content (AvgIpc) is 2.64. The number of nitriles is 1. The number of sulfonamides is 1. The molecule has 0 unspecified atom stereocenters. The summed E-state index contributed by atoms with van der Waals surface area (Å²) < 4.78 is 33.9. The highest BCUT2D eigenvalue weighted by Gasteiger charge is 2.29. The largest absolute Gasteiger partial charge is 0.374 e. The standard InChI is InChI=1S/C22H34N4O3S/c1-21(2,3)29-17-22(4,5)24-30(27,28)20(16-23)15-18-7-9-19(10-8-18)26-13-11-25(6)12-14-26/h7-10,15,24H,11-14,17H2,1-6H3/b20-15+. The molecule has 0 aliphatic carbocycles. The Bertz CT molecular complexity index is 886. The molecule has 1 fully saturated rings. The number of hydrogen-bond acceptors (Lipinski definition) is 6. The average molecular weight is 435 g/mol. The Hall–Kier alpha value is -1.92. The van der Waals surface area contributed by atoms with Crippen molar-refractivity contribution in [3.05, 3.63) is 34.7 Å². The van der Waals surface area contributed by atoms with E-state index in [9.17, 15) is 13.7 Å². The molecule has 0 atom stereocenters. The van der Waals surface area contributed by atoms with Crippen molar-refractivity contribution in [3.63, 3.8) is 0 Å². The molecule has 1 aliphatic rings. The topological polar surface area (TPSA) is 85.7 Å². The van der Waals surface area contributed by atoms with Crippen LogP contribution in [0.25, 0.3) is 6.08 Å². The van der Waals surface area contributed by atoms with Gasteiger partial charge in [0.1, 0.15) is 6.07 Å². The van der Waals surface area contributed by atoms with Gasteiger partial charge in [0.15, 0.2) is 4.91 Å². The number of benzene rings is 1. The Labute approximate surface area is 181 Å². The smallest absolute Gasteiger partial charge is 0.251 e. The van der Waals surface area contributed by atoms with Crippen molar-refractivity contribution in [2.75, 3.05) is 44.7 Å². The van der Waals surface area contributed by atoms with Crippen LogP contribution < -0.4 is 9.62 Å². The van der Waals surface area contributed by atoms with Gasteiger partial charge in [-0.25, -0.2) is 13.1 Å². The van der Waals surface area contributed by atoms with E-state index >= 15 is 0 Å². The van der Waals surface area contributed by atoms with E-state index in [2.05, 4.69) is 21.6 Å². The van der Waals surface area contributed by atoms with E-state index in [0.29, 0.717) is 5.56 Å². The third kappa shape index (κ3) is 7.40. The molecule has 30 heavy (non-hydrogen) atoms. The monoisotopic (exact) mass is 434 g/mol. The molecule has 1 aromatic rings. The molecule has 1 saturated heterocycles. The highest BCUT2D eigenvalue weighted by molar-refractivity contribution is 7.93. The highest BCUT2D eigenvalue weighted by atomic mass is 32.2. The summed E-state index contributed by atoms with van der Waals surface area (Å²) in [6.45, 7) is 13.3. The Morgan fingerprint density at radius 2 is 1.70 bits per heavy atom. The van der Waals surface area contributed by atoms with Gasteiger partial charge < -0.3 is 14.5 Å². The van der Waals surface area contributed by atoms with Crippen LogP contribution in [-0.2, 0) is 14.8 Å². The molecule has 0 amide bonds. The summed E-state index contributed by atoms with van der Waals surface area (Å²) in [7, 11) is -1.87. The van der Waals surface area contributed by atoms with Gasteiger partial charge in [-0.2, -0.15) is 5.26 Å². The Balaban J connectivity index is 2.12. The number of piperazine rings is 1. The fraction of sp³-hybridized carbons (Fsp3) is 0.591. The third-order valence-corrected chi connectivity index (χ3v) is 6.35. The van der Waals surface area contributed by atoms with E-state index in [0.717, 1.165) is 31.9 Å². The van der Waals surface area contributed by atoms with Gasteiger partial charge in [0.25, 0.3) is 10.0 Å². The summed E-state index contributed by atoms with van der Waals surface area (Å²) in [5.74, 6) is 0. The maximum Gasteiger partial charge on any atom is 0.251 e. The summed E-state index contributed by atoms with van der Waals surface area (Å²) in [4.78, 5) is 4.27. The second-order valence-corrected chi connectivity index (χ2v) is 11.0. The first-order valence-corrected chi connectivity index (χ1v) is 11.6. The lowest BCUT2D eigenvalue weighted by atomic mass is 10.1. The molecule has 1 aromatic carbocycles. The molecule has 1 heterocycles. The summed E-state index contributed by atoms with van der Waals surface area (Å²) in [6.07, 6.45) is 1.40. The molecule has 0 spiro atoms. The Morgan fingerprint density at radius 1 is 1.13 bits per heavy atom. The van der Waals surface area contributed by atoms with E-state index in [1.165, 1.54) is 6.08 Å². The minimum Gasteiger partial charge on any atom is -0.374 e. The number of likely N-dealkylation sites (N-methyl/N-ethyl adjacent to an activating group) is 1. The molecule has 0 saturated carbocycles. The molecule has 0 radical (unpaired) electrons. The molecule has 1 N–H and O–H groups in total. The molecule has 0 aromatic heterocycles. The van der Waals surface area contributed by atoms with E-state index in [-0.39, 0.29) is 17.1 Å². The lowest BCUT2D eigenvalue weighted by Gasteiger charge is -2.34. The second-order valence-electron chi connectivity index (χ2n) is 9.39. The maximum absolute atomic E-state index is 12.8. The Kier molecular flexibility index (Phi) is 7.69. The van der Waals surface area contributed by atoms with Crippen molar-refractivity contribution in [1.29, 1.82) is 5.26 Å². The lowest BCUT2D eigenvalue weighted by molar-refractivity contribution is -0.0259. The van der Waals surface area contributed by atoms with Crippen molar-refractivity contribution in [2.45, 2.75) is 45.8 Å². The van der Waals surface area contributed by atoms with Crippen LogP contribution in [-0.4, -0.2) is 64.3 Å². The molecule has 0 bridgehead atoms. The minimum atomic E-state index is -3.98. The zero-order valence-electron chi connectivity index (χ0n) is 18.9. The van der Waals surface area contributed by atoms with Crippen LogP contribution in [0.4, 0.5) is 5.69 Å². The van der Waals surface area contributed by atoms with E-state index in [1.807, 2.05) is 51.1 Å². The molecular formula is C22H34N4O3S. The molecular weight excluding hydrogens is 400 g/mol. The zero-order chi connectivity index (χ0) is 22.6. The van der Waals surface area contributed by atoms with Crippen molar-refractivity contribution < 1.29 is 13.2 Å². The highest BCUT2D eigenvalue weighted by Crippen LogP contribution is 2.20. The van der Waals surface area contributed by atoms with Crippen LogP contribution in [0.3, 0.4) is 0 Å². The SMILES string of the molecule is CN1CCN(c2ccc(/C=C(\C#N)S(=O)(=O)NC(C)(C)COC(C)(C)C)cc2)CC1. The number of anilines is 1. The first kappa shape index (κ1) is 24.4. The predicted molar refractivity (Wildman–Crippen MR) is 122 cm³/mol. The summed E-state index contributed by atoms with van der Waals surface area (Å²) in [5.41, 5.74) is 0.522. The number of allylic oxidation sites excluding steroid dienone is 1. The molecule has 8 heteroatoms. The number of ether oxygens (including phenoxy) is 1. The minimum absolute atomic E-state index is 0.189. The summed E-state index contributed by atoms with van der Waals surface area (Å²) >= 11 is 0. The van der Waals surface area contributed by atoms with Crippen molar-refractivity contribution in [2.24, 2.45) is 0 Å². The van der Waals surface area contributed by atoms with Gasteiger partial charge in [-0.3, -0.25) is 0 Å². The van der Waals surface area contributed by atoms with Crippen LogP contribution in [0.15, 0.2) is 29.2 Å². The van der Waals surface area contributed by atoms with Gasteiger partial charge in [0.2, 0.25) is 0 Å². The van der Waals surface area contributed by atoms with E-state index in [4.69, 9.17) is 4.74 Å². The van der Waals surface area contributed by atoms with Crippen LogP contribution in [0.1, 0.15) is 40.2 Å². The van der Waals surface area contributed by atoms with Gasteiger partial charge in [-0.05, 0) is 65.4 Å². The fourth-order valence-corrected chi connectivity index (χ4v) is 4.32. The van der Waals surface area contributed by atoms with Crippen LogP contribution in [0.5, 0.6) is 0 Å². The molecule has 166 valence electrons. The third-order valence-electron chi connectivity index (χ3n) is 4.74. The molecule has 2 rings (SSSR count). The van der Waals surface area contributed by atoms with Gasteiger partial charge in [0, 0.05) is 31.9 Å². The van der Waals surface area contributed by atoms with Crippen molar-refractivity contribution >= 4 is 21.8 Å². The number of hydrogen-bond donors (Lipinski definition) is 1. The maximum atomic E-state index is 12.8. The second kappa shape index (κ2) is 9.48. The van der Waals surface area contributed by atoms with Crippen molar-refractivity contribution in [3.8, 4) is 6.07 Å². The van der Waals surface area contributed by atoms with Crippen LogP contribution >= 0.6 is 0 Å². The Morgan fingerprint density at radius 3 is 2.20 bits per heavy atom. The summed E-state index contributed by atoms with van der Waals surface area (Å²) in [6, 6.07) is 9.44. The number of nitrogens with one attached hydrogen (secondary N) is 1. The number of rotatable bonds is 7. The first-order chi connectivity index (χ1) is 13.8. The van der Waals surface area contributed by atoms with E-state index in [1.54, 1.807) is 13.8 Å². The quantitative estimate of drug-likeness (QED) is 0.664. The van der Waals surface area contributed by atoms with E-state index < -0.39 is 15.6 Å². The van der Waals surface area contributed by atoms with Crippen LogP contribution in [0, 0.1) is 11.3 Å². The first-order valence-electron chi connectivity index (χ1n) is 10.1. The van der Waals surface area contributed by atoms with Gasteiger partial charge in [0.05, 0.1) is 17.7 Å². The normalized spacial score (nSPS) is 17.1.